The van der Waals surface area contributed by atoms with Gasteiger partial charge in [-0.1, -0.05) is 0 Å². The molecule has 5 nitrogen and oxygen atoms in total. The summed E-state index contributed by atoms with van der Waals surface area (Å²) in [4.78, 5) is 23.1. The van der Waals surface area contributed by atoms with Crippen LogP contribution >= 0.6 is 0 Å². The van der Waals surface area contributed by atoms with Crippen LogP contribution in [0, 0.1) is 12.7 Å². The average Bonchev–Trinajstić information content (AvgIpc) is 2.31. The Balaban J connectivity index is 2.29. The van der Waals surface area contributed by atoms with Gasteiger partial charge in [0.15, 0.2) is 0 Å². The van der Waals surface area contributed by atoms with Crippen LogP contribution in [0.5, 0.6) is 0 Å². The van der Waals surface area contributed by atoms with Gasteiger partial charge in [0, 0.05) is 16.8 Å². The van der Waals surface area contributed by atoms with E-state index >= 15 is 0 Å². The van der Waals surface area contributed by atoms with E-state index in [9.17, 15) is 14.0 Å². The standard InChI is InChI=1S/C13H16FN3O2/c1-7-9(14)5-8(11(15)18)6-10(7)17-12(19)13(16)3-2-4-13/h5-6H,2-4,16H2,1H3,(H2,15,18)(H,17,19). The van der Waals surface area contributed by atoms with Crippen LogP contribution in [0.25, 0.3) is 0 Å². The van der Waals surface area contributed by atoms with E-state index in [4.69, 9.17) is 11.5 Å². The first-order chi connectivity index (χ1) is 8.83. The zero-order chi connectivity index (χ0) is 14.2. The molecule has 1 aliphatic carbocycles. The lowest BCUT2D eigenvalue weighted by Crippen LogP contribution is -2.56. The summed E-state index contributed by atoms with van der Waals surface area (Å²) in [5, 5.41) is 2.58. The van der Waals surface area contributed by atoms with Gasteiger partial charge in [0.2, 0.25) is 11.8 Å². The van der Waals surface area contributed by atoms with E-state index < -0.39 is 17.3 Å². The third-order valence-corrected chi connectivity index (χ3v) is 3.58. The van der Waals surface area contributed by atoms with Gasteiger partial charge >= 0.3 is 0 Å². The Morgan fingerprint density at radius 1 is 1.37 bits per heavy atom. The minimum atomic E-state index is -0.883. The lowest BCUT2D eigenvalue weighted by Gasteiger charge is -2.36. The van der Waals surface area contributed by atoms with Crippen molar-refractivity contribution in [2.24, 2.45) is 11.5 Å². The molecule has 5 N–H and O–H groups in total. The summed E-state index contributed by atoms with van der Waals surface area (Å²) in [6.45, 7) is 1.51. The smallest absolute Gasteiger partial charge is 0.248 e. The van der Waals surface area contributed by atoms with E-state index in [1.165, 1.54) is 13.0 Å². The van der Waals surface area contributed by atoms with Gasteiger partial charge in [-0.25, -0.2) is 4.39 Å². The first-order valence-corrected chi connectivity index (χ1v) is 6.04. The van der Waals surface area contributed by atoms with Gasteiger partial charge in [-0.05, 0) is 38.3 Å². The van der Waals surface area contributed by atoms with Crippen LogP contribution in [0.4, 0.5) is 10.1 Å². The Hall–Kier alpha value is -1.95. The second kappa shape index (κ2) is 4.62. The van der Waals surface area contributed by atoms with Crippen molar-refractivity contribution >= 4 is 17.5 Å². The molecule has 2 amide bonds. The molecule has 6 heteroatoms. The maximum Gasteiger partial charge on any atom is 0.248 e. The summed E-state index contributed by atoms with van der Waals surface area (Å²) in [6, 6.07) is 2.41. The molecular formula is C13H16FN3O2. The number of halogens is 1. The Morgan fingerprint density at radius 3 is 2.47 bits per heavy atom. The summed E-state index contributed by atoms with van der Waals surface area (Å²) in [5.41, 5.74) is 10.6. The number of nitrogens with two attached hydrogens (primary N) is 2. The third-order valence-electron chi connectivity index (χ3n) is 3.58. The molecule has 0 bridgehead atoms. The van der Waals surface area contributed by atoms with Crippen molar-refractivity contribution in [2.45, 2.75) is 31.7 Å². The van der Waals surface area contributed by atoms with Gasteiger partial charge in [0.1, 0.15) is 5.82 Å². The lowest BCUT2D eigenvalue weighted by molar-refractivity contribution is -0.123. The Kier molecular flexibility index (Phi) is 3.28. The van der Waals surface area contributed by atoms with Gasteiger partial charge in [0.25, 0.3) is 0 Å². The van der Waals surface area contributed by atoms with Gasteiger partial charge in [0.05, 0.1) is 5.54 Å². The highest BCUT2D eigenvalue weighted by molar-refractivity contribution is 6.01. The van der Waals surface area contributed by atoms with E-state index in [0.717, 1.165) is 12.5 Å². The molecular weight excluding hydrogens is 249 g/mol. The van der Waals surface area contributed by atoms with Crippen molar-refractivity contribution in [1.29, 1.82) is 0 Å². The van der Waals surface area contributed by atoms with Crippen molar-refractivity contribution < 1.29 is 14.0 Å². The highest BCUT2D eigenvalue weighted by Gasteiger charge is 2.40. The van der Waals surface area contributed by atoms with Crippen molar-refractivity contribution in [3.05, 3.63) is 29.1 Å². The molecule has 0 saturated heterocycles. The van der Waals surface area contributed by atoms with Gasteiger partial charge < -0.3 is 16.8 Å². The van der Waals surface area contributed by atoms with E-state index in [1.807, 2.05) is 0 Å². The molecule has 0 aromatic heterocycles. The molecule has 0 radical (unpaired) electrons. The van der Waals surface area contributed by atoms with E-state index in [0.29, 0.717) is 12.8 Å². The Labute approximate surface area is 110 Å². The zero-order valence-electron chi connectivity index (χ0n) is 10.6. The molecule has 102 valence electrons. The third kappa shape index (κ3) is 2.44. The maximum absolute atomic E-state index is 13.7. The second-order valence-electron chi connectivity index (χ2n) is 4.96. The summed E-state index contributed by atoms with van der Waals surface area (Å²) in [5.74, 6) is -1.70. The molecule has 0 heterocycles. The number of carbonyl (C=O) groups is 2. The fourth-order valence-corrected chi connectivity index (χ4v) is 1.98. The minimum Gasteiger partial charge on any atom is -0.366 e. The predicted molar refractivity (Wildman–Crippen MR) is 69.1 cm³/mol. The topological polar surface area (TPSA) is 98.2 Å². The largest absolute Gasteiger partial charge is 0.366 e. The van der Waals surface area contributed by atoms with Crippen LogP contribution in [0.1, 0.15) is 35.2 Å². The Bertz CT molecular complexity index is 553. The number of rotatable bonds is 3. The maximum atomic E-state index is 13.7. The molecule has 1 fully saturated rings. The fraction of sp³-hybridized carbons (Fsp3) is 0.385. The molecule has 1 aliphatic rings. The van der Waals surface area contributed by atoms with E-state index in [2.05, 4.69) is 5.32 Å². The lowest BCUT2D eigenvalue weighted by atomic mass is 9.77. The number of anilines is 1. The first kappa shape index (κ1) is 13.5. The molecule has 1 aromatic rings. The molecule has 2 rings (SSSR count). The molecule has 0 atom stereocenters. The minimum absolute atomic E-state index is 0.0121. The van der Waals surface area contributed by atoms with Crippen LogP contribution in [0.2, 0.25) is 0 Å². The van der Waals surface area contributed by atoms with Crippen LogP contribution in [0.3, 0.4) is 0 Å². The Morgan fingerprint density at radius 2 is 2.00 bits per heavy atom. The van der Waals surface area contributed by atoms with E-state index in [-0.39, 0.29) is 22.7 Å². The molecule has 0 unspecified atom stereocenters. The SMILES string of the molecule is Cc1c(F)cc(C(N)=O)cc1NC(=O)C1(N)CCC1. The monoisotopic (exact) mass is 265 g/mol. The average molecular weight is 265 g/mol. The van der Waals surface area contributed by atoms with Gasteiger partial charge in [-0.2, -0.15) is 0 Å². The molecule has 1 aromatic carbocycles. The molecule has 0 spiro atoms. The summed E-state index contributed by atoms with van der Waals surface area (Å²) < 4.78 is 13.7. The van der Waals surface area contributed by atoms with Crippen molar-refractivity contribution in [2.75, 3.05) is 5.32 Å². The normalized spacial score (nSPS) is 16.6. The number of carbonyl (C=O) groups excluding carboxylic acids is 2. The number of benzene rings is 1. The van der Waals surface area contributed by atoms with Gasteiger partial charge in [-0.15, -0.1) is 0 Å². The summed E-state index contributed by atoms with van der Waals surface area (Å²) in [7, 11) is 0. The highest BCUT2D eigenvalue weighted by Crippen LogP contribution is 2.31. The van der Waals surface area contributed by atoms with Crippen LogP contribution in [-0.2, 0) is 4.79 Å². The summed E-state index contributed by atoms with van der Waals surface area (Å²) >= 11 is 0. The number of primary amides is 1. The number of hydrogen-bond acceptors (Lipinski definition) is 3. The fourth-order valence-electron chi connectivity index (χ4n) is 1.98. The van der Waals surface area contributed by atoms with Crippen molar-refractivity contribution in [1.82, 2.24) is 0 Å². The quantitative estimate of drug-likeness (QED) is 0.761. The number of hydrogen-bond donors (Lipinski definition) is 3. The summed E-state index contributed by atoms with van der Waals surface area (Å²) in [6.07, 6.45) is 2.12. The number of nitrogens with one attached hydrogen (secondary N) is 1. The van der Waals surface area contributed by atoms with Crippen molar-refractivity contribution in [3.63, 3.8) is 0 Å². The van der Waals surface area contributed by atoms with Crippen molar-refractivity contribution in [3.8, 4) is 0 Å². The van der Waals surface area contributed by atoms with Crippen LogP contribution in [0.15, 0.2) is 12.1 Å². The number of amides is 2. The van der Waals surface area contributed by atoms with Gasteiger partial charge in [-0.3, -0.25) is 9.59 Å². The van der Waals surface area contributed by atoms with Crippen LogP contribution < -0.4 is 16.8 Å². The molecule has 1 saturated carbocycles. The second-order valence-corrected chi connectivity index (χ2v) is 4.96. The van der Waals surface area contributed by atoms with E-state index in [1.54, 1.807) is 0 Å². The molecule has 0 aliphatic heterocycles. The van der Waals surface area contributed by atoms with Crippen LogP contribution in [-0.4, -0.2) is 17.4 Å². The zero-order valence-corrected chi connectivity index (χ0v) is 10.6. The molecule has 19 heavy (non-hydrogen) atoms. The highest BCUT2D eigenvalue weighted by atomic mass is 19.1. The predicted octanol–water partition coefficient (Wildman–Crippen LogP) is 1.05. The first-order valence-electron chi connectivity index (χ1n) is 6.04.